The van der Waals surface area contributed by atoms with Gasteiger partial charge in [-0.3, -0.25) is 0 Å². The van der Waals surface area contributed by atoms with Crippen molar-refractivity contribution in [2.75, 3.05) is 0 Å². The Morgan fingerprint density at radius 1 is 1.00 bits per heavy atom. The van der Waals surface area contributed by atoms with Crippen LogP contribution in [0.1, 0.15) is 18.4 Å². The van der Waals surface area contributed by atoms with Gasteiger partial charge in [-0.25, -0.2) is 13.2 Å². The molecule has 21 heavy (non-hydrogen) atoms. The van der Waals surface area contributed by atoms with Crippen LogP contribution in [0, 0.1) is 17.5 Å². The molecule has 0 radical (unpaired) electrons. The molecule has 0 spiro atoms. The van der Waals surface area contributed by atoms with Gasteiger partial charge in [0.2, 0.25) is 0 Å². The van der Waals surface area contributed by atoms with Gasteiger partial charge in [0.25, 0.3) is 0 Å². The second-order valence-electron chi connectivity index (χ2n) is 5.18. The molecule has 0 heterocycles. The molecule has 110 valence electrons. The highest BCUT2D eigenvalue weighted by Crippen LogP contribution is 2.31. The Balaban J connectivity index is 2.02. The van der Waals surface area contributed by atoms with Crippen molar-refractivity contribution in [3.05, 3.63) is 58.4 Å². The standard InChI is InChI=1S/C16H13ClF3N/c17-10-1-4-12(9(7-10)8-21-11-2-3-11)13-5-6-14(18)16(20)15(13)19/h1,4-7,11,21H,2-3,8H2. The van der Waals surface area contributed by atoms with Crippen molar-refractivity contribution < 1.29 is 13.2 Å². The Kier molecular flexibility index (Phi) is 3.91. The van der Waals surface area contributed by atoms with Gasteiger partial charge in [0.1, 0.15) is 0 Å². The van der Waals surface area contributed by atoms with E-state index in [0.717, 1.165) is 24.5 Å². The van der Waals surface area contributed by atoms with Crippen molar-refractivity contribution in [2.24, 2.45) is 0 Å². The molecule has 0 atom stereocenters. The summed E-state index contributed by atoms with van der Waals surface area (Å²) in [5.41, 5.74) is 1.32. The van der Waals surface area contributed by atoms with E-state index in [4.69, 9.17) is 11.6 Å². The van der Waals surface area contributed by atoms with Crippen molar-refractivity contribution in [3.63, 3.8) is 0 Å². The highest BCUT2D eigenvalue weighted by molar-refractivity contribution is 6.30. The Bertz CT molecular complexity index is 683. The van der Waals surface area contributed by atoms with Gasteiger partial charge >= 0.3 is 0 Å². The maximum absolute atomic E-state index is 14.0. The fourth-order valence-corrected chi connectivity index (χ4v) is 2.44. The zero-order valence-electron chi connectivity index (χ0n) is 11.1. The second kappa shape index (κ2) is 5.70. The molecule has 0 aromatic heterocycles. The minimum absolute atomic E-state index is 0.0400. The summed E-state index contributed by atoms with van der Waals surface area (Å²) in [6, 6.07) is 7.61. The number of hydrogen-bond acceptors (Lipinski definition) is 1. The summed E-state index contributed by atoms with van der Waals surface area (Å²) in [6.07, 6.45) is 2.24. The zero-order valence-corrected chi connectivity index (χ0v) is 11.9. The maximum atomic E-state index is 14.0. The smallest absolute Gasteiger partial charge is 0.195 e. The summed E-state index contributed by atoms with van der Waals surface area (Å²) in [5, 5.41) is 3.83. The molecule has 1 nitrogen and oxygen atoms in total. The lowest BCUT2D eigenvalue weighted by Crippen LogP contribution is -2.16. The van der Waals surface area contributed by atoms with Gasteiger partial charge in [-0.05, 0) is 48.2 Å². The molecule has 2 aromatic rings. The lowest BCUT2D eigenvalue weighted by Gasteiger charge is -2.12. The van der Waals surface area contributed by atoms with Crippen LogP contribution in [0.5, 0.6) is 0 Å². The molecule has 1 saturated carbocycles. The van der Waals surface area contributed by atoms with Gasteiger partial charge in [-0.2, -0.15) is 0 Å². The van der Waals surface area contributed by atoms with E-state index in [1.165, 1.54) is 6.07 Å². The summed E-state index contributed by atoms with van der Waals surface area (Å²) in [5.74, 6) is -3.82. The molecular formula is C16H13ClF3N. The third kappa shape index (κ3) is 3.06. The molecule has 0 unspecified atom stereocenters. The molecule has 5 heteroatoms. The summed E-state index contributed by atoms with van der Waals surface area (Å²) in [7, 11) is 0. The number of nitrogens with one attached hydrogen (secondary N) is 1. The fourth-order valence-electron chi connectivity index (χ4n) is 2.25. The van der Waals surface area contributed by atoms with Gasteiger partial charge < -0.3 is 5.32 Å². The molecule has 0 bridgehead atoms. The van der Waals surface area contributed by atoms with Crippen LogP contribution < -0.4 is 5.32 Å². The topological polar surface area (TPSA) is 12.0 Å². The average Bonchev–Trinajstić information content (AvgIpc) is 3.28. The lowest BCUT2D eigenvalue weighted by molar-refractivity contribution is 0.449. The van der Waals surface area contributed by atoms with Crippen LogP contribution in [0.25, 0.3) is 11.1 Å². The van der Waals surface area contributed by atoms with Crippen molar-refractivity contribution in [1.29, 1.82) is 0 Å². The molecular weight excluding hydrogens is 299 g/mol. The molecule has 0 amide bonds. The SMILES string of the molecule is Fc1ccc(-c2ccc(Cl)cc2CNC2CC2)c(F)c1F. The molecule has 0 aliphatic heterocycles. The van der Waals surface area contributed by atoms with Crippen LogP contribution in [0.2, 0.25) is 5.02 Å². The number of hydrogen-bond donors (Lipinski definition) is 1. The first-order chi connectivity index (χ1) is 10.1. The monoisotopic (exact) mass is 311 g/mol. The Morgan fingerprint density at radius 2 is 1.71 bits per heavy atom. The van der Waals surface area contributed by atoms with Crippen molar-refractivity contribution in [1.82, 2.24) is 5.32 Å². The van der Waals surface area contributed by atoms with Crippen LogP contribution in [-0.2, 0) is 6.54 Å². The van der Waals surface area contributed by atoms with Crippen LogP contribution in [0.4, 0.5) is 13.2 Å². The molecule has 3 rings (SSSR count). The summed E-state index contributed by atoms with van der Waals surface area (Å²) < 4.78 is 40.4. The minimum atomic E-state index is -1.46. The first-order valence-electron chi connectivity index (χ1n) is 6.72. The van der Waals surface area contributed by atoms with E-state index in [1.807, 2.05) is 0 Å². The third-order valence-corrected chi connectivity index (χ3v) is 3.79. The Morgan fingerprint density at radius 3 is 2.43 bits per heavy atom. The third-order valence-electron chi connectivity index (χ3n) is 3.55. The summed E-state index contributed by atoms with van der Waals surface area (Å²) in [6.45, 7) is 0.513. The summed E-state index contributed by atoms with van der Waals surface area (Å²) in [4.78, 5) is 0. The maximum Gasteiger partial charge on any atom is 0.195 e. The first kappa shape index (κ1) is 14.4. The largest absolute Gasteiger partial charge is 0.310 e. The molecule has 1 fully saturated rings. The quantitative estimate of drug-likeness (QED) is 0.809. The normalized spacial score (nSPS) is 14.5. The molecule has 2 aromatic carbocycles. The van der Waals surface area contributed by atoms with Crippen molar-refractivity contribution in [2.45, 2.75) is 25.4 Å². The average molecular weight is 312 g/mol. The number of halogens is 4. The van der Waals surface area contributed by atoms with Crippen molar-refractivity contribution in [3.8, 4) is 11.1 Å². The van der Waals surface area contributed by atoms with E-state index in [0.29, 0.717) is 23.2 Å². The second-order valence-corrected chi connectivity index (χ2v) is 5.62. The van der Waals surface area contributed by atoms with Gasteiger partial charge in [0, 0.05) is 23.2 Å². The Hall–Kier alpha value is -1.52. The summed E-state index contributed by atoms with van der Waals surface area (Å²) >= 11 is 5.98. The van der Waals surface area contributed by atoms with E-state index < -0.39 is 17.5 Å². The predicted octanol–water partition coefficient (Wildman–Crippen LogP) is 4.68. The molecule has 1 aliphatic carbocycles. The van der Waals surface area contributed by atoms with E-state index in [-0.39, 0.29) is 5.56 Å². The predicted molar refractivity (Wildman–Crippen MR) is 76.6 cm³/mol. The van der Waals surface area contributed by atoms with Gasteiger partial charge in [0.15, 0.2) is 17.5 Å². The fraction of sp³-hybridized carbons (Fsp3) is 0.250. The molecule has 1 aliphatic rings. The van der Waals surface area contributed by atoms with E-state index >= 15 is 0 Å². The highest BCUT2D eigenvalue weighted by atomic mass is 35.5. The van der Waals surface area contributed by atoms with Crippen LogP contribution in [0.15, 0.2) is 30.3 Å². The van der Waals surface area contributed by atoms with Crippen LogP contribution >= 0.6 is 11.6 Å². The Labute approximate surface area is 125 Å². The van der Waals surface area contributed by atoms with Gasteiger partial charge in [-0.1, -0.05) is 17.7 Å². The van der Waals surface area contributed by atoms with E-state index in [1.54, 1.807) is 18.2 Å². The number of benzene rings is 2. The highest BCUT2D eigenvalue weighted by Gasteiger charge is 2.22. The van der Waals surface area contributed by atoms with Crippen LogP contribution in [0.3, 0.4) is 0 Å². The molecule has 1 N–H and O–H groups in total. The van der Waals surface area contributed by atoms with E-state index in [9.17, 15) is 13.2 Å². The lowest BCUT2D eigenvalue weighted by atomic mass is 9.98. The molecule has 0 saturated heterocycles. The van der Waals surface area contributed by atoms with Gasteiger partial charge in [-0.15, -0.1) is 0 Å². The number of rotatable bonds is 4. The van der Waals surface area contributed by atoms with Gasteiger partial charge in [0.05, 0.1) is 0 Å². The van der Waals surface area contributed by atoms with Crippen LogP contribution in [-0.4, -0.2) is 6.04 Å². The van der Waals surface area contributed by atoms with E-state index in [2.05, 4.69) is 5.32 Å². The zero-order chi connectivity index (χ0) is 15.0. The first-order valence-corrected chi connectivity index (χ1v) is 7.09. The van der Waals surface area contributed by atoms with Crippen molar-refractivity contribution >= 4 is 11.6 Å². The minimum Gasteiger partial charge on any atom is -0.310 e.